The Morgan fingerprint density at radius 2 is 1.62 bits per heavy atom. The molecule has 0 N–H and O–H groups in total. The zero-order valence-corrected chi connectivity index (χ0v) is 21.8. The molecule has 0 spiro atoms. The van der Waals surface area contributed by atoms with Crippen LogP contribution in [0.5, 0.6) is 0 Å². The summed E-state index contributed by atoms with van der Waals surface area (Å²) < 4.78 is 5.27. The summed E-state index contributed by atoms with van der Waals surface area (Å²) in [6.07, 6.45) is 0.854. The zero-order chi connectivity index (χ0) is 24.3. The van der Waals surface area contributed by atoms with Gasteiger partial charge in [-0.3, -0.25) is 19.3 Å². The predicted octanol–water partition coefficient (Wildman–Crippen LogP) is 4.63. The molecule has 2 aromatic carbocycles. The predicted molar refractivity (Wildman–Crippen MR) is 133 cm³/mol. The minimum Gasteiger partial charge on any atom is -0.454 e. The van der Waals surface area contributed by atoms with Crippen LogP contribution in [0, 0.1) is 37.5 Å². The number of carbonyl (C=O) groups excluding carboxylic acids is 4. The molecule has 6 atom stereocenters. The number of alkyl halides is 2. The number of rotatable bonds is 5. The minimum atomic E-state index is -0.680. The van der Waals surface area contributed by atoms with Crippen molar-refractivity contribution < 1.29 is 23.9 Å². The standard InChI is InChI=1S/C26H23Br2NO5/c1-12-6-7-13(2)16(8-12)19(30)11-34-26(33)14-4-3-5-15(9-14)29-24(31)20-17-10-18(21(20)25(29)32)23(28)22(17)27/h3-9,17-18,20-23H,10-11H2,1-2H3/t17-,18-,20-,21-,22+,23+/m1/s1. The maximum atomic E-state index is 13.3. The molecular weight excluding hydrogens is 566 g/mol. The molecule has 1 saturated heterocycles. The molecule has 34 heavy (non-hydrogen) atoms. The molecule has 2 aliphatic carbocycles. The van der Waals surface area contributed by atoms with Crippen molar-refractivity contribution in [3.05, 3.63) is 64.7 Å². The summed E-state index contributed by atoms with van der Waals surface area (Å²) in [7, 11) is 0. The third kappa shape index (κ3) is 3.66. The summed E-state index contributed by atoms with van der Waals surface area (Å²) >= 11 is 7.38. The molecule has 0 aromatic heterocycles. The van der Waals surface area contributed by atoms with Gasteiger partial charge < -0.3 is 4.74 Å². The number of hydrogen-bond acceptors (Lipinski definition) is 5. The normalized spacial score (nSPS) is 29.5. The largest absolute Gasteiger partial charge is 0.454 e. The third-order valence-electron chi connectivity index (χ3n) is 7.35. The summed E-state index contributed by atoms with van der Waals surface area (Å²) in [4.78, 5) is 53.3. The van der Waals surface area contributed by atoms with Gasteiger partial charge in [-0.25, -0.2) is 4.79 Å². The van der Waals surface area contributed by atoms with Gasteiger partial charge >= 0.3 is 5.97 Å². The number of Topliss-reactive ketones (excluding diaryl/α,β-unsaturated/α-hetero) is 1. The average Bonchev–Trinajstić information content (AvgIpc) is 3.43. The van der Waals surface area contributed by atoms with Gasteiger partial charge in [0.25, 0.3) is 0 Å². The molecule has 8 heteroatoms. The molecule has 6 nitrogen and oxygen atoms in total. The summed E-state index contributed by atoms with van der Waals surface area (Å²) in [6.45, 7) is 3.34. The van der Waals surface area contributed by atoms with E-state index in [0.29, 0.717) is 11.3 Å². The molecule has 176 valence electrons. The van der Waals surface area contributed by atoms with Crippen molar-refractivity contribution in [1.29, 1.82) is 0 Å². The van der Waals surface area contributed by atoms with Crippen LogP contribution < -0.4 is 4.90 Å². The van der Waals surface area contributed by atoms with Crippen LogP contribution in [0.4, 0.5) is 5.69 Å². The Morgan fingerprint density at radius 3 is 2.26 bits per heavy atom. The number of anilines is 1. The van der Waals surface area contributed by atoms with Gasteiger partial charge in [-0.2, -0.15) is 0 Å². The second kappa shape index (κ2) is 8.72. The first-order chi connectivity index (χ1) is 16.2. The van der Waals surface area contributed by atoms with Crippen LogP contribution >= 0.6 is 31.9 Å². The maximum Gasteiger partial charge on any atom is 0.338 e. The van der Waals surface area contributed by atoms with E-state index in [-0.39, 0.29) is 63.1 Å². The van der Waals surface area contributed by atoms with E-state index in [1.165, 1.54) is 11.0 Å². The van der Waals surface area contributed by atoms with Crippen molar-refractivity contribution >= 4 is 61.1 Å². The number of fused-ring (bicyclic) bond motifs is 5. The summed E-state index contributed by atoms with van der Waals surface area (Å²) in [5.74, 6) is -1.81. The Labute approximate surface area is 214 Å². The van der Waals surface area contributed by atoms with E-state index in [1.807, 2.05) is 26.0 Å². The van der Waals surface area contributed by atoms with Crippen LogP contribution in [0.2, 0.25) is 0 Å². The number of ketones is 1. The Bertz CT molecular complexity index is 1200. The highest BCUT2D eigenvalue weighted by atomic mass is 79.9. The first kappa shape index (κ1) is 23.4. The first-order valence-corrected chi connectivity index (χ1v) is 13.1. The lowest BCUT2D eigenvalue weighted by Crippen LogP contribution is -2.37. The van der Waals surface area contributed by atoms with Gasteiger partial charge in [0, 0.05) is 15.2 Å². The second-order valence-electron chi connectivity index (χ2n) is 9.38. The number of nitrogens with zero attached hydrogens (tertiary/aromatic N) is 1. The Kier molecular flexibility index (Phi) is 6.01. The molecule has 2 aromatic rings. The van der Waals surface area contributed by atoms with E-state index in [9.17, 15) is 19.2 Å². The molecule has 1 aliphatic heterocycles. The number of halogens is 2. The monoisotopic (exact) mass is 587 g/mol. The number of hydrogen-bond donors (Lipinski definition) is 0. The number of ether oxygens (including phenoxy) is 1. The van der Waals surface area contributed by atoms with Gasteiger partial charge in [-0.15, -0.1) is 0 Å². The van der Waals surface area contributed by atoms with Crippen LogP contribution in [0.15, 0.2) is 42.5 Å². The van der Waals surface area contributed by atoms with Crippen LogP contribution in [0.25, 0.3) is 0 Å². The SMILES string of the molecule is Cc1ccc(C)c(C(=O)COC(=O)c2cccc(N3C(=O)[C@@H]4[C@H]5C[C@@H]([C@H](Br)[C@H]5Br)[C@H]4C3=O)c2)c1. The number of amides is 2. The van der Waals surface area contributed by atoms with E-state index < -0.39 is 5.97 Å². The maximum absolute atomic E-state index is 13.3. The van der Waals surface area contributed by atoms with Gasteiger partial charge in [0.1, 0.15) is 0 Å². The van der Waals surface area contributed by atoms with Gasteiger partial charge in [0.05, 0.1) is 23.1 Å². The van der Waals surface area contributed by atoms with Crippen molar-refractivity contribution in [3.8, 4) is 0 Å². The lowest BCUT2D eigenvalue weighted by atomic mass is 9.81. The fraction of sp³-hybridized carbons (Fsp3) is 0.385. The van der Waals surface area contributed by atoms with Crippen LogP contribution in [-0.4, -0.2) is 39.8 Å². The lowest BCUT2D eigenvalue weighted by molar-refractivity contribution is -0.123. The smallest absolute Gasteiger partial charge is 0.338 e. The Morgan fingerprint density at radius 1 is 0.971 bits per heavy atom. The van der Waals surface area contributed by atoms with E-state index in [4.69, 9.17) is 4.74 Å². The molecule has 0 radical (unpaired) electrons. The summed E-state index contributed by atoms with van der Waals surface area (Å²) in [5, 5.41) is 0. The highest BCUT2D eigenvalue weighted by Crippen LogP contribution is 2.60. The fourth-order valence-corrected chi connectivity index (χ4v) is 7.58. The highest BCUT2D eigenvalue weighted by Gasteiger charge is 2.66. The number of carbonyl (C=O) groups is 4. The summed E-state index contributed by atoms with van der Waals surface area (Å²) in [6, 6.07) is 11.8. The van der Waals surface area contributed by atoms with Crippen molar-refractivity contribution in [3.63, 3.8) is 0 Å². The number of benzene rings is 2. The third-order valence-corrected chi connectivity index (χ3v) is 10.6. The first-order valence-electron chi connectivity index (χ1n) is 11.2. The molecular formula is C26H23Br2NO5. The van der Waals surface area contributed by atoms with E-state index in [2.05, 4.69) is 31.9 Å². The molecule has 2 amide bonds. The summed E-state index contributed by atoms with van der Waals surface area (Å²) in [5.41, 5.74) is 2.82. The van der Waals surface area contributed by atoms with E-state index >= 15 is 0 Å². The van der Waals surface area contributed by atoms with Gasteiger partial charge in [-0.1, -0.05) is 55.6 Å². The quantitative estimate of drug-likeness (QED) is 0.220. The van der Waals surface area contributed by atoms with Crippen molar-refractivity contribution in [2.45, 2.75) is 29.9 Å². The van der Waals surface area contributed by atoms with E-state index in [0.717, 1.165) is 17.5 Å². The molecule has 1 heterocycles. The number of aryl methyl sites for hydroxylation is 2. The highest BCUT2D eigenvalue weighted by molar-refractivity contribution is 9.12. The van der Waals surface area contributed by atoms with Crippen LogP contribution in [0.3, 0.4) is 0 Å². The topological polar surface area (TPSA) is 80.8 Å². The average molecular weight is 589 g/mol. The Balaban J connectivity index is 1.32. The van der Waals surface area contributed by atoms with Crippen LogP contribution in [0.1, 0.15) is 38.3 Å². The molecule has 2 saturated carbocycles. The molecule has 3 fully saturated rings. The Hall–Kier alpha value is -2.32. The second-order valence-corrected chi connectivity index (χ2v) is 11.5. The molecule has 5 rings (SSSR count). The van der Waals surface area contributed by atoms with Gasteiger partial charge in [-0.05, 0) is 61.9 Å². The van der Waals surface area contributed by atoms with Crippen molar-refractivity contribution in [1.82, 2.24) is 0 Å². The van der Waals surface area contributed by atoms with Gasteiger partial charge in [0.2, 0.25) is 17.6 Å². The number of imide groups is 1. The fourth-order valence-electron chi connectivity index (χ4n) is 5.70. The molecule has 0 unspecified atom stereocenters. The van der Waals surface area contributed by atoms with Gasteiger partial charge in [0.15, 0.2) is 6.61 Å². The zero-order valence-electron chi connectivity index (χ0n) is 18.7. The van der Waals surface area contributed by atoms with Crippen molar-refractivity contribution in [2.24, 2.45) is 23.7 Å². The van der Waals surface area contributed by atoms with Crippen LogP contribution in [-0.2, 0) is 14.3 Å². The molecule has 2 bridgehead atoms. The minimum absolute atomic E-state index is 0.116. The lowest BCUT2D eigenvalue weighted by Gasteiger charge is -2.28. The van der Waals surface area contributed by atoms with E-state index in [1.54, 1.807) is 24.3 Å². The van der Waals surface area contributed by atoms with Crippen molar-refractivity contribution in [2.75, 3.05) is 11.5 Å². The molecule has 3 aliphatic rings. The number of esters is 1.